The Morgan fingerprint density at radius 2 is 2.08 bits per heavy atom. The third-order valence-corrected chi connectivity index (χ3v) is 3.54. The summed E-state index contributed by atoms with van der Waals surface area (Å²) in [4.78, 5) is 33.7. The topological polar surface area (TPSA) is 133 Å². The van der Waals surface area contributed by atoms with Crippen LogP contribution in [0, 0.1) is 16.0 Å². The van der Waals surface area contributed by atoms with Crippen LogP contribution >= 0.6 is 0 Å². The van der Waals surface area contributed by atoms with E-state index >= 15 is 0 Å². The second kappa shape index (κ2) is 6.47. The zero-order valence-electron chi connectivity index (χ0n) is 12.4. The van der Waals surface area contributed by atoms with Gasteiger partial charge < -0.3 is 9.84 Å². The highest BCUT2D eigenvalue weighted by Gasteiger charge is 2.47. The predicted octanol–water partition coefficient (Wildman–Crippen LogP) is 1.73. The first-order valence-corrected chi connectivity index (χ1v) is 6.80. The number of allylic oxidation sites excluding steroid dienone is 2. The van der Waals surface area contributed by atoms with Crippen LogP contribution in [0.3, 0.4) is 0 Å². The summed E-state index contributed by atoms with van der Waals surface area (Å²) in [5.74, 6) is -3.14. The first kappa shape index (κ1) is 17.1. The van der Waals surface area contributed by atoms with Crippen LogP contribution in [0.4, 0.5) is 0 Å². The van der Waals surface area contributed by atoms with Crippen LogP contribution in [-0.4, -0.2) is 27.6 Å². The average Bonchev–Trinajstić information content (AvgIpc) is 2.55. The molecular formula is C16H14N2O6. The summed E-state index contributed by atoms with van der Waals surface area (Å²) in [5.41, 5.74) is 3.70. The molecule has 1 aromatic carbocycles. The number of nitrogens with zero attached hydrogens (tertiary/aromatic N) is 1. The molecule has 0 heterocycles. The zero-order chi connectivity index (χ0) is 17.9. The molecular weight excluding hydrogens is 316 g/mol. The van der Waals surface area contributed by atoms with Gasteiger partial charge >= 0.3 is 17.6 Å². The van der Waals surface area contributed by atoms with E-state index in [1.165, 1.54) is 42.5 Å². The van der Waals surface area contributed by atoms with Gasteiger partial charge in [-0.2, -0.15) is 0 Å². The second-order valence-electron chi connectivity index (χ2n) is 5.06. The Bertz CT molecular complexity index is 783. The van der Waals surface area contributed by atoms with Gasteiger partial charge in [-0.15, -0.1) is 6.58 Å². The highest BCUT2D eigenvalue weighted by atomic mass is 16.6. The molecule has 0 amide bonds. The molecule has 2 rings (SSSR count). The SMILES string of the molecule is C=CC1C(OC(=O)c2cccc(C(=O)O)c2)=CC=CC1(N)[N+](=O)[O-]. The number of hydrogen-bond acceptors (Lipinski definition) is 6. The van der Waals surface area contributed by atoms with Crippen molar-refractivity contribution < 1.29 is 24.4 Å². The van der Waals surface area contributed by atoms with Crippen LogP contribution in [0.5, 0.6) is 0 Å². The number of carbonyl (C=O) groups excluding carboxylic acids is 1. The highest BCUT2D eigenvalue weighted by Crippen LogP contribution is 2.31. The molecule has 3 N–H and O–H groups in total. The molecule has 0 radical (unpaired) electrons. The maximum Gasteiger partial charge on any atom is 0.343 e. The lowest BCUT2D eigenvalue weighted by molar-refractivity contribution is -0.561. The fraction of sp³-hybridized carbons (Fsp3) is 0.125. The average molecular weight is 330 g/mol. The zero-order valence-corrected chi connectivity index (χ0v) is 12.4. The first-order valence-electron chi connectivity index (χ1n) is 6.80. The lowest BCUT2D eigenvalue weighted by Crippen LogP contribution is -2.53. The van der Waals surface area contributed by atoms with Gasteiger partial charge in [-0.1, -0.05) is 18.2 Å². The molecule has 124 valence electrons. The number of hydrogen-bond donors (Lipinski definition) is 2. The van der Waals surface area contributed by atoms with E-state index in [-0.39, 0.29) is 16.9 Å². The smallest absolute Gasteiger partial charge is 0.343 e. The van der Waals surface area contributed by atoms with E-state index in [9.17, 15) is 19.7 Å². The van der Waals surface area contributed by atoms with Gasteiger partial charge in [0.15, 0.2) is 0 Å². The van der Waals surface area contributed by atoms with Crippen LogP contribution in [0.2, 0.25) is 0 Å². The summed E-state index contributed by atoms with van der Waals surface area (Å²) in [6, 6.07) is 5.24. The number of carbonyl (C=O) groups is 2. The lowest BCUT2D eigenvalue weighted by atomic mass is 9.87. The molecule has 1 aliphatic rings. The molecule has 1 aromatic rings. The van der Waals surface area contributed by atoms with Gasteiger partial charge in [-0.3, -0.25) is 15.8 Å². The molecule has 2 atom stereocenters. The number of esters is 1. The molecule has 0 saturated carbocycles. The highest BCUT2D eigenvalue weighted by molar-refractivity contribution is 5.94. The van der Waals surface area contributed by atoms with Crippen LogP contribution in [0.15, 0.2) is 60.9 Å². The molecule has 0 bridgehead atoms. The molecule has 8 heteroatoms. The van der Waals surface area contributed by atoms with E-state index in [1.54, 1.807) is 0 Å². The van der Waals surface area contributed by atoms with E-state index in [4.69, 9.17) is 15.6 Å². The van der Waals surface area contributed by atoms with Crippen LogP contribution in [-0.2, 0) is 4.74 Å². The number of ether oxygens (including phenoxy) is 1. The van der Waals surface area contributed by atoms with Crippen molar-refractivity contribution in [3.05, 3.63) is 82.1 Å². The number of aromatic carboxylic acids is 1. The lowest BCUT2D eigenvalue weighted by Gasteiger charge is -2.28. The minimum Gasteiger partial charge on any atom is -0.478 e. The van der Waals surface area contributed by atoms with Crippen LogP contribution in [0.1, 0.15) is 20.7 Å². The molecule has 0 saturated heterocycles. The Morgan fingerprint density at radius 3 is 2.67 bits per heavy atom. The Balaban J connectivity index is 2.28. The fourth-order valence-electron chi connectivity index (χ4n) is 2.25. The molecule has 0 spiro atoms. The third-order valence-electron chi connectivity index (χ3n) is 3.54. The summed E-state index contributed by atoms with van der Waals surface area (Å²) < 4.78 is 5.18. The van der Waals surface area contributed by atoms with E-state index in [0.29, 0.717) is 0 Å². The Hall–Kier alpha value is -3.26. The summed E-state index contributed by atoms with van der Waals surface area (Å²) in [6.45, 7) is 3.50. The van der Waals surface area contributed by atoms with Gasteiger partial charge in [0.1, 0.15) is 11.7 Å². The quantitative estimate of drug-likeness (QED) is 0.276. The van der Waals surface area contributed by atoms with Gasteiger partial charge in [0.25, 0.3) is 0 Å². The number of carboxylic acid groups (broad SMARTS) is 1. The van der Waals surface area contributed by atoms with E-state index in [1.807, 2.05) is 0 Å². The van der Waals surface area contributed by atoms with Gasteiger partial charge in [-0.05, 0) is 24.3 Å². The first-order chi connectivity index (χ1) is 11.3. The minimum atomic E-state index is -1.98. The van der Waals surface area contributed by atoms with E-state index in [0.717, 1.165) is 6.07 Å². The Labute approximate surface area is 136 Å². The van der Waals surface area contributed by atoms with Gasteiger partial charge in [0.2, 0.25) is 0 Å². The third kappa shape index (κ3) is 3.08. The van der Waals surface area contributed by atoms with Crippen molar-refractivity contribution in [2.75, 3.05) is 0 Å². The summed E-state index contributed by atoms with van der Waals surface area (Å²) in [5, 5.41) is 20.2. The Kier molecular flexibility index (Phi) is 4.61. The van der Waals surface area contributed by atoms with Crippen molar-refractivity contribution in [2.45, 2.75) is 5.66 Å². The van der Waals surface area contributed by atoms with Crippen molar-refractivity contribution >= 4 is 11.9 Å². The molecule has 8 nitrogen and oxygen atoms in total. The number of carboxylic acids is 1. The minimum absolute atomic E-state index is 0.00288. The molecule has 0 fully saturated rings. The molecule has 0 aliphatic heterocycles. The summed E-state index contributed by atoms with van der Waals surface area (Å²) in [6.07, 6.45) is 5.10. The predicted molar refractivity (Wildman–Crippen MR) is 83.6 cm³/mol. The van der Waals surface area contributed by atoms with Crippen molar-refractivity contribution in [3.63, 3.8) is 0 Å². The van der Waals surface area contributed by atoms with Crippen molar-refractivity contribution in [3.8, 4) is 0 Å². The number of benzene rings is 1. The van der Waals surface area contributed by atoms with Crippen LogP contribution < -0.4 is 5.73 Å². The maximum absolute atomic E-state index is 12.2. The van der Waals surface area contributed by atoms with Crippen LogP contribution in [0.25, 0.3) is 0 Å². The fourth-order valence-corrected chi connectivity index (χ4v) is 2.25. The number of nitrogens with two attached hydrogens (primary N) is 1. The van der Waals surface area contributed by atoms with Gasteiger partial charge in [0.05, 0.1) is 11.1 Å². The molecule has 2 unspecified atom stereocenters. The second-order valence-corrected chi connectivity index (χ2v) is 5.06. The number of rotatable bonds is 5. The van der Waals surface area contributed by atoms with Crippen molar-refractivity contribution in [2.24, 2.45) is 11.7 Å². The standard InChI is InChI=1S/C16H14N2O6/c1-2-12-13(7-4-8-16(12,17)18(22)23)24-15(21)11-6-3-5-10(9-11)14(19)20/h2-9,12H,1,17H2,(H,19,20). The Morgan fingerprint density at radius 1 is 1.42 bits per heavy atom. The monoisotopic (exact) mass is 330 g/mol. The maximum atomic E-state index is 12.2. The molecule has 0 aromatic heterocycles. The summed E-state index contributed by atoms with van der Waals surface area (Å²) in [7, 11) is 0. The van der Waals surface area contributed by atoms with Gasteiger partial charge in [0, 0.05) is 11.0 Å². The van der Waals surface area contributed by atoms with Crippen molar-refractivity contribution in [1.29, 1.82) is 0 Å². The molecule has 1 aliphatic carbocycles. The molecule has 24 heavy (non-hydrogen) atoms. The number of nitro groups is 1. The van der Waals surface area contributed by atoms with Crippen molar-refractivity contribution in [1.82, 2.24) is 0 Å². The van der Waals surface area contributed by atoms with E-state index < -0.39 is 28.4 Å². The normalized spacial score (nSPS) is 22.4. The van der Waals surface area contributed by atoms with E-state index in [2.05, 4.69) is 6.58 Å². The van der Waals surface area contributed by atoms with Gasteiger partial charge in [-0.25, -0.2) is 9.59 Å². The largest absolute Gasteiger partial charge is 0.478 e. The summed E-state index contributed by atoms with van der Waals surface area (Å²) >= 11 is 0.